The molecule has 0 aliphatic carbocycles. The van der Waals surface area contributed by atoms with E-state index in [9.17, 15) is 5.11 Å². The number of rotatable bonds is 4. The number of nitrogens with zero attached hydrogens (tertiary/aromatic N) is 2. The van der Waals surface area contributed by atoms with Crippen molar-refractivity contribution in [2.24, 2.45) is 0 Å². The number of nitrogen functional groups attached to an aromatic ring is 1. The normalized spacial score (nSPS) is 24.8. The second kappa shape index (κ2) is 10.0. The quantitative estimate of drug-likeness (QED) is 0.580. The van der Waals surface area contributed by atoms with Gasteiger partial charge in [-0.3, -0.25) is 4.90 Å². The summed E-state index contributed by atoms with van der Waals surface area (Å²) in [5, 5.41) is 9.44. The van der Waals surface area contributed by atoms with Crippen LogP contribution in [0.4, 0.5) is 5.82 Å². The van der Waals surface area contributed by atoms with Crippen molar-refractivity contribution >= 4 is 5.82 Å². The molecule has 2 aliphatic heterocycles. The monoisotopic (exact) mass is 425 g/mol. The molecule has 0 bridgehead atoms. The number of nitrogens with two attached hydrogens (primary N) is 1. The van der Waals surface area contributed by atoms with Crippen molar-refractivity contribution in [1.29, 1.82) is 0 Å². The van der Waals surface area contributed by atoms with Crippen molar-refractivity contribution in [2.75, 3.05) is 32.1 Å². The Morgan fingerprint density at radius 3 is 2.86 bits per heavy atom. The van der Waals surface area contributed by atoms with Crippen LogP contribution in [0, 0.1) is 7.43 Å². The summed E-state index contributed by atoms with van der Waals surface area (Å²) < 4.78 is 5.50. The molecule has 3 rings (SSSR count). The van der Waals surface area contributed by atoms with Gasteiger partial charge in [-0.25, -0.2) is 4.98 Å². The van der Waals surface area contributed by atoms with E-state index in [1.807, 2.05) is 6.07 Å². The van der Waals surface area contributed by atoms with Crippen LogP contribution in [-0.4, -0.2) is 47.4 Å². The molecule has 1 aromatic heterocycles. The SMILES string of the molecule is Nc1ccc(C2CCOC2)c(CN2CCC[C@H]2CO)n1.[CH3-].[Cs+]. The Morgan fingerprint density at radius 2 is 2.18 bits per heavy atom. The van der Waals surface area contributed by atoms with Gasteiger partial charge in [0.25, 0.3) is 0 Å². The third kappa shape index (κ3) is 4.94. The molecule has 0 saturated carbocycles. The molecule has 6 heteroatoms. The summed E-state index contributed by atoms with van der Waals surface area (Å²) in [5.41, 5.74) is 8.18. The van der Waals surface area contributed by atoms with Gasteiger partial charge in [0.2, 0.25) is 0 Å². The first-order chi connectivity index (χ1) is 9.78. The zero-order chi connectivity index (χ0) is 13.9. The minimum absolute atomic E-state index is 0. The van der Waals surface area contributed by atoms with E-state index >= 15 is 0 Å². The number of aromatic nitrogens is 1. The van der Waals surface area contributed by atoms with Gasteiger partial charge in [-0.1, -0.05) is 6.07 Å². The zero-order valence-corrected chi connectivity index (χ0v) is 20.1. The molecule has 2 aliphatic rings. The van der Waals surface area contributed by atoms with Crippen molar-refractivity contribution in [3.8, 4) is 0 Å². The van der Waals surface area contributed by atoms with Crippen molar-refractivity contribution in [3.05, 3.63) is 30.8 Å². The van der Waals surface area contributed by atoms with Crippen LogP contribution in [0.3, 0.4) is 0 Å². The first-order valence-corrected chi connectivity index (χ1v) is 7.46. The van der Waals surface area contributed by atoms with E-state index in [4.69, 9.17) is 10.5 Å². The van der Waals surface area contributed by atoms with Crippen LogP contribution < -0.4 is 74.6 Å². The Bertz CT molecular complexity index is 467. The summed E-state index contributed by atoms with van der Waals surface area (Å²) in [5.74, 6) is 1.01. The second-order valence-electron chi connectivity index (χ2n) is 5.78. The van der Waals surface area contributed by atoms with Crippen molar-refractivity contribution < 1.29 is 78.7 Å². The summed E-state index contributed by atoms with van der Waals surface area (Å²) >= 11 is 0. The van der Waals surface area contributed by atoms with Gasteiger partial charge in [-0.05, 0) is 37.4 Å². The van der Waals surface area contributed by atoms with Crippen LogP contribution in [-0.2, 0) is 11.3 Å². The first kappa shape index (κ1) is 20.9. The number of aliphatic hydroxyl groups is 1. The van der Waals surface area contributed by atoms with Crippen LogP contribution in [0.5, 0.6) is 0 Å². The molecule has 0 spiro atoms. The summed E-state index contributed by atoms with van der Waals surface area (Å²) in [6, 6.07) is 4.25. The number of hydrogen-bond acceptors (Lipinski definition) is 5. The van der Waals surface area contributed by atoms with Gasteiger partial charge in [0.1, 0.15) is 5.82 Å². The van der Waals surface area contributed by atoms with Gasteiger partial charge < -0.3 is 23.0 Å². The van der Waals surface area contributed by atoms with Crippen LogP contribution in [0.2, 0.25) is 0 Å². The number of aliphatic hydroxyl groups excluding tert-OH is 1. The van der Waals surface area contributed by atoms with Gasteiger partial charge in [-0.15, -0.1) is 0 Å². The number of likely N-dealkylation sites (tertiary alicyclic amines) is 1. The van der Waals surface area contributed by atoms with Gasteiger partial charge in [0.15, 0.2) is 0 Å². The summed E-state index contributed by atoms with van der Waals surface area (Å²) in [6.07, 6.45) is 3.28. The molecule has 0 aromatic carbocycles. The molecule has 118 valence electrons. The van der Waals surface area contributed by atoms with E-state index < -0.39 is 0 Å². The predicted molar refractivity (Wildman–Crippen MR) is 83.8 cm³/mol. The molecule has 2 fully saturated rings. The van der Waals surface area contributed by atoms with Crippen molar-refractivity contribution in [2.45, 2.75) is 37.8 Å². The maximum atomic E-state index is 9.44. The Kier molecular flexibility index (Phi) is 9.52. The van der Waals surface area contributed by atoms with Gasteiger partial charge in [-0.2, -0.15) is 0 Å². The maximum Gasteiger partial charge on any atom is 1.00 e. The fraction of sp³-hybridized carbons (Fsp3) is 0.625. The molecule has 3 N–H and O–H groups in total. The van der Waals surface area contributed by atoms with Crippen LogP contribution >= 0.6 is 0 Å². The Hall–Kier alpha value is 0.882. The third-order valence-corrected chi connectivity index (χ3v) is 4.46. The summed E-state index contributed by atoms with van der Waals surface area (Å²) in [7, 11) is 0. The molecule has 1 unspecified atom stereocenters. The van der Waals surface area contributed by atoms with Crippen LogP contribution in [0.15, 0.2) is 12.1 Å². The second-order valence-corrected chi connectivity index (χ2v) is 5.78. The zero-order valence-electron chi connectivity index (χ0n) is 13.8. The number of pyridine rings is 1. The molecule has 22 heavy (non-hydrogen) atoms. The van der Waals surface area contributed by atoms with Gasteiger partial charge >= 0.3 is 68.9 Å². The molecule has 1 aromatic rings. The van der Waals surface area contributed by atoms with Crippen LogP contribution in [0.25, 0.3) is 0 Å². The van der Waals surface area contributed by atoms with E-state index in [1.165, 1.54) is 5.56 Å². The minimum atomic E-state index is 0. The smallest absolute Gasteiger partial charge is 0.395 e. The standard InChI is InChI=1S/C15H23N3O2.CH3.Cs/c16-15-4-3-13(11-5-7-20-10-11)14(17-15)8-18-6-1-2-12(18)9-19;;/h3-4,11-12,19H,1-2,5-10H2,(H2,16,17);1H3;/q;-1;+1/t11?,12-;;/m0../s1. The van der Waals surface area contributed by atoms with Crippen molar-refractivity contribution in [3.63, 3.8) is 0 Å². The summed E-state index contributed by atoms with van der Waals surface area (Å²) in [4.78, 5) is 6.87. The van der Waals surface area contributed by atoms with E-state index in [2.05, 4.69) is 16.0 Å². The van der Waals surface area contributed by atoms with E-state index in [0.29, 0.717) is 11.7 Å². The Morgan fingerprint density at radius 1 is 1.36 bits per heavy atom. The predicted octanol–water partition coefficient (Wildman–Crippen LogP) is -1.42. The fourth-order valence-corrected chi connectivity index (χ4v) is 3.31. The molecule has 2 atom stereocenters. The minimum Gasteiger partial charge on any atom is -0.395 e. The van der Waals surface area contributed by atoms with E-state index in [0.717, 1.165) is 51.3 Å². The van der Waals surface area contributed by atoms with Gasteiger partial charge in [0, 0.05) is 25.1 Å². The molecule has 2 saturated heterocycles. The number of ether oxygens (including phenoxy) is 1. The molecule has 5 nitrogen and oxygen atoms in total. The third-order valence-electron chi connectivity index (χ3n) is 4.46. The van der Waals surface area contributed by atoms with Gasteiger partial charge in [0.05, 0.1) is 18.9 Å². The molecule has 3 heterocycles. The fourth-order valence-electron chi connectivity index (χ4n) is 3.31. The largest absolute Gasteiger partial charge is 1.00 e. The maximum absolute atomic E-state index is 9.44. The molecule has 0 radical (unpaired) electrons. The van der Waals surface area contributed by atoms with Crippen LogP contribution in [0.1, 0.15) is 36.4 Å². The first-order valence-electron chi connectivity index (χ1n) is 7.46. The van der Waals surface area contributed by atoms with Crippen molar-refractivity contribution in [1.82, 2.24) is 9.88 Å². The number of hydrogen-bond donors (Lipinski definition) is 2. The molecular weight excluding hydrogens is 399 g/mol. The average molecular weight is 425 g/mol. The Labute approximate surface area is 192 Å². The topological polar surface area (TPSA) is 71.6 Å². The van der Waals surface area contributed by atoms with E-state index in [-0.39, 0.29) is 89.0 Å². The Balaban J connectivity index is 0.00000121. The molecular formula is C16H26CsN3O2. The number of anilines is 1. The molecule has 0 amide bonds. The van der Waals surface area contributed by atoms with E-state index in [1.54, 1.807) is 0 Å². The summed E-state index contributed by atoms with van der Waals surface area (Å²) in [6.45, 7) is 3.65. The average Bonchev–Trinajstić information content (AvgIpc) is 3.10.